The van der Waals surface area contributed by atoms with Crippen LogP contribution < -0.4 is 10.6 Å². The fourth-order valence-corrected chi connectivity index (χ4v) is 9.78. The molecule has 2 atom stereocenters. The lowest BCUT2D eigenvalue weighted by molar-refractivity contribution is 0.341. The Labute approximate surface area is 327 Å². The molecule has 1 aliphatic heterocycles. The van der Waals surface area contributed by atoms with E-state index in [0.717, 1.165) is 42.6 Å². The van der Waals surface area contributed by atoms with E-state index in [1.165, 1.54) is 66.4 Å². The van der Waals surface area contributed by atoms with Crippen LogP contribution in [0, 0.1) is 0 Å². The number of rotatable bonds is 6. The second-order valence-corrected chi connectivity index (χ2v) is 15.3. The van der Waals surface area contributed by atoms with Crippen molar-refractivity contribution in [3.8, 4) is 22.3 Å². The van der Waals surface area contributed by atoms with Crippen molar-refractivity contribution in [2.75, 3.05) is 0 Å². The van der Waals surface area contributed by atoms with Crippen molar-refractivity contribution in [3.63, 3.8) is 0 Å². The number of aliphatic imine (C=N–C) groups is 1. The van der Waals surface area contributed by atoms with Crippen LogP contribution >= 0.6 is 0 Å². The Morgan fingerprint density at radius 2 is 1.32 bits per heavy atom. The van der Waals surface area contributed by atoms with Crippen LogP contribution in [0.5, 0.6) is 0 Å². The van der Waals surface area contributed by atoms with Crippen LogP contribution in [-0.2, 0) is 5.41 Å². The lowest BCUT2D eigenvalue weighted by Crippen LogP contribution is -2.46. The second-order valence-electron chi connectivity index (χ2n) is 15.3. The van der Waals surface area contributed by atoms with Gasteiger partial charge in [-0.05, 0) is 82.3 Å². The first kappa shape index (κ1) is 32.9. The molecule has 56 heavy (non-hydrogen) atoms. The summed E-state index contributed by atoms with van der Waals surface area (Å²) in [6, 6.07) is 53.8. The maximum atomic E-state index is 5.55. The molecule has 4 aliphatic rings. The minimum absolute atomic E-state index is 0.142. The summed E-state index contributed by atoms with van der Waals surface area (Å²) in [6.07, 6.45) is 17.3. The lowest BCUT2D eigenvalue weighted by atomic mass is 9.65. The Hall–Kier alpha value is -6.49. The highest BCUT2D eigenvalue weighted by atomic mass is 15.4. The zero-order chi connectivity index (χ0) is 37.1. The third kappa shape index (κ3) is 5.13. The first-order chi connectivity index (χ1) is 27.8. The molecule has 0 fully saturated rings. The summed E-state index contributed by atoms with van der Waals surface area (Å²) < 4.78 is 2.47. The normalized spacial score (nSPS) is 19.5. The van der Waals surface area contributed by atoms with Gasteiger partial charge in [-0.1, -0.05) is 175 Å². The van der Waals surface area contributed by atoms with Gasteiger partial charge in [-0.3, -0.25) is 5.32 Å². The van der Waals surface area contributed by atoms with Gasteiger partial charge < -0.3 is 9.88 Å². The van der Waals surface area contributed by atoms with Gasteiger partial charge in [-0.15, -0.1) is 0 Å². The average molecular weight is 723 g/mol. The minimum atomic E-state index is -0.428. The quantitative estimate of drug-likeness (QED) is 0.179. The minimum Gasteiger partial charge on any atom is -0.350 e. The summed E-state index contributed by atoms with van der Waals surface area (Å²) in [6.45, 7) is 0. The summed E-state index contributed by atoms with van der Waals surface area (Å²) in [5, 5.41) is 10.2. The molecule has 3 aliphatic carbocycles. The molecule has 7 aromatic rings. The van der Waals surface area contributed by atoms with E-state index in [0.29, 0.717) is 0 Å². The molecule has 0 saturated carbocycles. The van der Waals surface area contributed by atoms with Crippen LogP contribution in [-0.4, -0.2) is 10.4 Å². The number of benzene rings is 6. The van der Waals surface area contributed by atoms with Gasteiger partial charge in [0.15, 0.2) is 6.29 Å². The second kappa shape index (κ2) is 13.4. The van der Waals surface area contributed by atoms with Crippen LogP contribution in [0.1, 0.15) is 60.4 Å². The molecule has 2 heterocycles. The average Bonchev–Trinajstić information content (AvgIpc) is 3.77. The molecule has 11 rings (SSSR count). The summed E-state index contributed by atoms with van der Waals surface area (Å²) in [4.78, 5) is 5.55. The summed E-state index contributed by atoms with van der Waals surface area (Å²) >= 11 is 0. The number of allylic oxidation sites excluding steroid dienone is 6. The van der Waals surface area contributed by atoms with Crippen molar-refractivity contribution >= 4 is 27.6 Å². The van der Waals surface area contributed by atoms with Crippen molar-refractivity contribution in [1.82, 2.24) is 15.2 Å². The molecule has 1 aromatic heterocycles. The number of hydrogen-bond acceptors (Lipinski definition) is 3. The Bertz CT molecular complexity index is 2770. The van der Waals surface area contributed by atoms with Gasteiger partial charge in [0.1, 0.15) is 12.0 Å². The van der Waals surface area contributed by atoms with E-state index < -0.39 is 5.41 Å². The van der Waals surface area contributed by atoms with Gasteiger partial charge in [0.25, 0.3) is 0 Å². The Morgan fingerprint density at radius 1 is 0.625 bits per heavy atom. The van der Waals surface area contributed by atoms with Gasteiger partial charge in [0.05, 0.1) is 16.4 Å². The highest BCUT2D eigenvalue weighted by Crippen LogP contribution is 2.58. The molecular weight excluding hydrogens is 681 g/mol. The first-order valence-electron chi connectivity index (χ1n) is 20.0. The SMILES string of the molecule is C1=CCCC(C2(c3ccc4c5ccc(-c6ccccc6)cc5n(C5N=C(C6=CCCC=C6)NC(c6ccccc6)N5)c4c3)c3ccccc3-c3ccccc32)=C1. The Kier molecular flexibility index (Phi) is 7.85. The largest absolute Gasteiger partial charge is 0.350 e. The zero-order valence-electron chi connectivity index (χ0n) is 31.2. The van der Waals surface area contributed by atoms with Crippen molar-refractivity contribution in [3.05, 3.63) is 215 Å². The van der Waals surface area contributed by atoms with Gasteiger partial charge in [0.2, 0.25) is 0 Å². The number of amidine groups is 1. The molecule has 0 saturated heterocycles. The highest BCUT2D eigenvalue weighted by molar-refractivity contribution is 6.10. The van der Waals surface area contributed by atoms with E-state index in [1.807, 2.05) is 0 Å². The molecule has 4 heteroatoms. The van der Waals surface area contributed by atoms with Crippen molar-refractivity contribution in [1.29, 1.82) is 0 Å². The van der Waals surface area contributed by atoms with Gasteiger partial charge in [-0.2, -0.15) is 0 Å². The number of nitrogens with one attached hydrogen (secondary N) is 2. The third-order valence-corrected chi connectivity index (χ3v) is 12.3. The number of aromatic nitrogens is 1. The van der Waals surface area contributed by atoms with Crippen LogP contribution in [0.3, 0.4) is 0 Å². The number of hydrogen-bond donors (Lipinski definition) is 2. The molecule has 0 amide bonds. The molecule has 2 unspecified atom stereocenters. The summed E-state index contributed by atoms with van der Waals surface area (Å²) in [5.74, 6) is 0.915. The molecule has 270 valence electrons. The van der Waals surface area contributed by atoms with Gasteiger partial charge in [-0.25, -0.2) is 4.99 Å². The summed E-state index contributed by atoms with van der Waals surface area (Å²) in [7, 11) is 0. The van der Waals surface area contributed by atoms with Gasteiger partial charge in [0, 0.05) is 16.3 Å². The van der Waals surface area contributed by atoms with E-state index in [-0.39, 0.29) is 12.5 Å². The van der Waals surface area contributed by atoms with Crippen LogP contribution in [0.2, 0.25) is 0 Å². The van der Waals surface area contributed by atoms with Crippen molar-refractivity contribution in [2.45, 2.75) is 43.6 Å². The number of fused-ring (bicyclic) bond motifs is 6. The maximum absolute atomic E-state index is 5.55. The number of nitrogens with zero attached hydrogens (tertiary/aromatic N) is 2. The Balaban J connectivity index is 1.20. The van der Waals surface area contributed by atoms with E-state index >= 15 is 0 Å². The Morgan fingerprint density at radius 3 is 2.04 bits per heavy atom. The van der Waals surface area contributed by atoms with E-state index in [1.54, 1.807) is 0 Å². The van der Waals surface area contributed by atoms with E-state index in [4.69, 9.17) is 4.99 Å². The molecule has 0 bridgehead atoms. The molecule has 6 aromatic carbocycles. The van der Waals surface area contributed by atoms with Crippen LogP contribution in [0.25, 0.3) is 44.1 Å². The van der Waals surface area contributed by atoms with Crippen molar-refractivity contribution in [2.24, 2.45) is 4.99 Å². The molecule has 0 spiro atoms. The summed E-state index contributed by atoms with van der Waals surface area (Å²) in [5.41, 5.74) is 14.7. The molecule has 2 N–H and O–H groups in total. The molecule has 0 radical (unpaired) electrons. The standard InChI is InChI=1S/C52H42N4/c1-5-17-35(18-6-1)38-29-31-43-44-32-30-40(52(39-23-11-4-12-24-39)45-27-15-13-25-41(45)42-26-14-16-28-46(42)52)34-48(44)56(47(43)33-38)51-54-49(36-19-7-2-8-20-36)53-50(55-51)37-21-9-3-10-22-37/h1-2,4-9,11,13-23,25-34,49,51,54H,3,10,12,24H2,(H,53,55). The third-order valence-electron chi connectivity index (χ3n) is 12.3. The van der Waals surface area contributed by atoms with Gasteiger partial charge >= 0.3 is 0 Å². The first-order valence-corrected chi connectivity index (χ1v) is 20.0. The molecule has 4 nitrogen and oxygen atoms in total. The predicted octanol–water partition coefficient (Wildman–Crippen LogP) is 12.1. The van der Waals surface area contributed by atoms with Crippen LogP contribution in [0.15, 0.2) is 198 Å². The van der Waals surface area contributed by atoms with E-state index in [2.05, 4.69) is 197 Å². The lowest BCUT2D eigenvalue weighted by Gasteiger charge is -2.37. The maximum Gasteiger partial charge on any atom is 0.184 e. The fourth-order valence-electron chi connectivity index (χ4n) is 9.78. The topological polar surface area (TPSA) is 41.4 Å². The monoisotopic (exact) mass is 722 g/mol. The smallest absolute Gasteiger partial charge is 0.184 e. The fraction of sp³-hybridized carbons (Fsp3) is 0.135. The van der Waals surface area contributed by atoms with Crippen molar-refractivity contribution < 1.29 is 0 Å². The zero-order valence-corrected chi connectivity index (χ0v) is 31.2. The van der Waals surface area contributed by atoms with E-state index in [9.17, 15) is 0 Å². The van der Waals surface area contributed by atoms with Crippen LogP contribution in [0.4, 0.5) is 0 Å². The molecular formula is C52H42N4. The highest BCUT2D eigenvalue weighted by Gasteiger charge is 2.47. The predicted molar refractivity (Wildman–Crippen MR) is 231 cm³/mol.